The molecule has 0 unspecified atom stereocenters. The van der Waals surface area contributed by atoms with Crippen molar-refractivity contribution in [2.45, 2.75) is 38.3 Å². The summed E-state index contributed by atoms with van der Waals surface area (Å²) in [5.41, 5.74) is 9.70. The Balaban J connectivity index is 1.45. The lowest BCUT2D eigenvalue weighted by molar-refractivity contribution is -0.121. The van der Waals surface area contributed by atoms with E-state index in [4.69, 9.17) is 15.5 Å². The summed E-state index contributed by atoms with van der Waals surface area (Å²) in [4.78, 5) is 23.1. The van der Waals surface area contributed by atoms with Gasteiger partial charge in [-0.25, -0.2) is 9.67 Å². The fourth-order valence-corrected chi connectivity index (χ4v) is 4.72. The number of aromatic nitrogens is 4. The van der Waals surface area contributed by atoms with Gasteiger partial charge >= 0.3 is 0 Å². The highest BCUT2D eigenvalue weighted by Crippen LogP contribution is 2.36. The standard InChI is InChI=1S/C22H27N7O2/c1-28-6-5-13-9-19(31-2)18(8-15(13)12-28)26-22-24-10-16-11-25-29(21(16)27-22)17-4-3-14(7-17)20(23)30/h8-11,14,17H,3-7,12H2,1-2H3,(H2,23,30)(H,24,26,27)/t14-,17-/m0/s1. The molecule has 5 rings (SSSR count). The first-order valence-corrected chi connectivity index (χ1v) is 10.7. The van der Waals surface area contributed by atoms with E-state index in [0.29, 0.717) is 12.4 Å². The van der Waals surface area contributed by atoms with Gasteiger partial charge in [0.1, 0.15) is 5.75 Å². The van der Waals surface area contributed by atoms with Crippen LogP contribution in [0, 0.1) is 5.92 Å². The lowest BCUT2D eigenvalue weighted by Crippen LogP contribution is -2.26. The van der Waals surface area contributed by atoms with Crippen LogP contribution in [0.5, 0.6) is 5.75 Å². The van der Waals surface area contributed by atoms with Crippen LogP contribution in [0.1, 0.15) is 36.4 Å². The number of rotatable bonds is 5. The van der Waals surface area contributed by atoms with Gasteiger partial charge in [-0.3, -0.25) is 4.79 Å². The monoisotopic (exact) mass is 421 g/mol. The van der Waals surface area contributed by atoms with Crippen LogP contribution in [0.2, 0.25) is 0 Å². The molecule has 9 nitrogen and oxygen atoms in total. The SMILES string of the molecule is COc1cc2c(cc1Nc1ncc3cnn([C@H]4CC[C@H](C(N)=O)C4)c3n1)CN(C)CC2. The summed E-state index contributed by atoms with van der Waals surface area (Å²) < 4.78 is 7.54. The van der Waals surface area contributed by atoms with Crippen LogP contribution in [0.3, 0.4) is 0 Å². The van der Waals surface area contributed by atoms with Gasteiger partial charge in [-0.15, -0.1) is 0 Å². The number of primary amides is 1. The Morgan fingerprint density at radius 2 is 2.13 bits per heavy atom. The maximum Gasteiger partial charge on any atom is 0.229 e. The van der Waals surface area contributed by atoms with Crippen LogP contribution < -0.4 is 15.8 Å². The Labute approximate surface area is 180 Å². The summed E-state index contributed by atoms with van der Waals surface area (Å²) in [6.07, 6.45) is 6.91. The summed E-state index contributed by atoms with van der Waals surface area (Å²) in [6.45, 7) is 1.95. The van der Waals surface area contributed by atoms with Crippen molar-refractivity contribution in [3.8, 4) is 5.75 Å². The van der Waals surface area contributed by atoms with Gasteiger partial charge in [0.2, 0.25) is 11.9 Å². The zero-order valence-electron chi connectivity index (χ0n) is 17.8. The number of nitrogens with two attached hydrogens (primary N) is 1. The number of carbonyl (C=O) groups is 1. The van der Waals surface area contributed by atoms with E-state index in [9.17, 15) is 4.79 Å². The lowest BCUT2D eigenvalue weighted by atomic mass is 9.99. The second-order valence-corrected chi connectivity index (χ2v) is 8.56. The van der Waals surface area contributed by atoms with Crippen LogP contribution >= 0.6 is 0 Å². The van der Waals surface area contributed by atoms with Crippen LogP contribution in [-0.2, 0) is 17.8 Å². The number of anilines is 2. The van der Waals surface area contributed by atoms with E-state index in [2.05, 4.69) is 39.5 Å². The van der Waals surface area contributed by atoms with Crippen molar-refractivity contribution in [1.29, 1.82) is 0 Å². The van der Waals surface area contributed by atoms with E-state index in [0.717, 1.165) is 54.8 Å². The molecule has 2 aromatic heterocycles. The minimum Gasteiger partial charge on any atom is -0.495 e. The Hall–Kier alpha value is -3.20. The molecule has 2 atom stereocenters. The van der Waals surface area contributed by atoms with E-state index < -0.39 is 0 Å². The molecule has 2 aliphatic rings. The van der Waals surface area contributed by atoms with Gasteiger partial charge in [-0.2, -0.15) is 10.1 Å². The summed E-state index contributed by atoms with van der Waals surface area (Å²) in [5, 5.41) is 8.72. The summed E-state index contributed by atoms with van der Waals surface area (Å²) >= 11 is 0. The smallest absolute Gasteiger partial charge is 0.229 e. The van der Waals surface area contributed by atoms with Gasteiger partial charge in [0.25, 0.3) is 0 Å². The highest BCUT2D eigenvalue weighted by molar-refractivity contribution is 5.78. The molecule has 1 fully saturated rings. The highest BCUT2D eigenvalue weighted by Gasteiger charge is 2.31. The molecule has 1 amide bonds. The molecule has 0 saturated heterocycles. The van der Waals surface area contributed by atoms with Gasteiger partial charge in [-0.1, -0.05) is 0 Å². The van der Waals surface area contributed by atoms with Gasteiger partial charge in [0, 0.05) is 25.2 Å². The van der Waals surface area contributed by atoms with Crippen molar-refractivity contribution in [3.63, 3.8) is 0 Å². The number of likely N-dealkylation sites (N-methyl/N-ethyl adjacent to an activating group) is 1. The largest absolute Gasteiger partial charge is 0.495 e. The average molecular weight is 422 g/mol. The summed E-state index contributed by atoms with van der Waals surface area (Å²) in [6, 6.07) is 4.35. The number of hydrogen-bond donors (Lipinski definition) is 2. The van der Waals surface area contributed by atoms with Crippen molar-refractivity contribution in [3.05, 3.63) is 35.7 Å². The van der Waals surface area contributed by atoms with Crippen molar-refractivity contribution in [2.75, 3.05) is 26.0 Å². The van der Waals surface area contributed by atoms with Crippen molar-refractivity contribution < 1.29 is 9.53 Å². The third-order valence-electron chi connectivity index (χ3n) is 6.46. The molecule has 0 spiro atoms. The fourth-order valence-electron chi connectivity index (χ4n) is 4.72. The molecule has 31 heavy (non-hydrogen) atoms. The third kappa shape index (κ3) is 3.69. The molecule has 0 bridgehead atoms. The lowest BCUT2D eigenvalue weighted by Gasteiger charge is -2.26. The predicted molar refractivity (Wildman–Crippen MR) is 117 cm³/mol. The quantitative estimate of drug-likeness (QED) is 0.651. The molecule has 1 aliphatic heterocycles. The molecule has 3 N–H and O–H groups in total. The van der Waals surface area contributed by atoms with Crippen LogP contribution in [0.4, 0.5) is 11.6 Å². The number of fused-ring (bicyclic) bond motifs is 2. The number of nitrogens with one attached hydrogen (secondary N) is 1. The van der Waals surface area contributed by atoms with Gasteiger partial charge in [-0.05, 0) is 56.0 Å². The molecule has 1 saturated carbocycles. The Bertz CT molecular complexity index is 1140. The van der Waals surface area contributed by atoms with Gasteiger partial charge < -0.3 is 20.7 Å². The third-order valence-corrected chi connectivity index (χ3v) is 6.46. The first-order valence-electron chi connectivity index (χ1n) is 10.7. The zero-order chi connectivity index (χ0) is 21.5. The number of ether oxygens (including phenoxy) is 1. The van der Waals surface area contributed by atoms with Gasteiger partial charge in [0.05, 0.1) is 30.4 Å². The molecule has 0 radical (unpaired) electrons. The number of benzene rings is 1. The van der Waals surface area contributed by atoms with E-state index >= 15 is 0 Å². The first kappa shape index (κ1) is 19.7. The second kappa shape index (κ2) is 7.81. The zero-order valence-corrected chi connectivity index (χ0v) is 17.8. The summed E-state index contributed by atoms with van der Waals surface area (Å²) in [7, 11) is 3.81. The molecular weight excluding hydrogens is 394 g/mol. The molecule has 9 heteroatoms. The molecule has 162 valence electrons. The Kier molecular flexibility index (Phi) is 4.97. The number of nitrogens with zero attached hydrogens (tertiary/aromatic N) is 5. The number of carbonyl (C=O) groups excluding carboxylic acids is 1. The number of hydrogen-bond acceptors (Lipinski definition) is 7. The maximum absolute atomic E-state index is 11.6. The van der Waals surface area contributed by atoms with E-state index in [1.807, 2.05) is 4.68 Å². The second-order valence-electron chi connectivity index (χ2n) is 8.56. The topological polar surface area (TPSA) is 111 Å². The minimum atomic E-state index is -0.235. The van der Waals surface area contributed by atoms with Crippen molar-refractivity contribution >= 4 is 28.6 Å². The van der Waals surface area contributed by atoms with Crippen molar-refractivity contribution in [1.82, 2.24) is 24.6 Å². The van der Waals surface area contributed by atoms with E-state index in [1.165, 1.54) is 11.1 Å². The molecule has 1 aliphatic carbocycles. The van der Waals surface area contributed by atoms with Crippen LogP contribution in [-0.4, -0.2) is 51.3 Å². The highest BCUT2D eigenvalue weighted by atomic mass is 16.5. The molecule has 3 aromatic rings. The summed E-state index contributed by atoms with van der Waals surface area (Å²) in [5.74, 6) is 0.935. The van der Waals surface area contributed by atoms with Gasteiger partial charge in [0.15, 0.2) is 5.65 Å². The van der Waals surface area contributed by atoms with E-state index in [-0.39, 0.29) is 17.9 Å². The normalized spacial score (nSPS) is 21.2. The number of methoxy groups -OCH3 is 1. The number of amides is 1. The van der Waals surface area contributed by atoms with E-state index in [1.54, 1.807) is 19.5 Å². The molecule has 3 heterocycles. The average Bonchev–Trinajstić information content (AvgIpc) is 3.40. The minimum absolute atomic E-state index is 0.0958. The predicted octanol–water partition coefficient (Wildman–Crippen LogP) is 2.39. The Morgan fingerprint density at radius 1 is 1.26 bits per heavy atom. The molecular formula is C22H27N7O2. The Morgan fingerprint density at radius 3 is 2.90 bits per heavy atom. The maximum atomic E-state index is 11.6. The van der Waals surface area contributed by atoms with Crippen LogP contribution in [0.15, 0.2) is 24.5 Å². The van der Waals surface area contributed by atoms with Crippen LogP contribution in [0.25, 0.3) is 11.0 Å². The van der Waals surface area contributed by atoms with Crippen molar-refractivity contribution in [2.24, 2.45) is 11.7 Å². The fraction of sp³-hybridized carbons (Fsp3) is 0.455. The molecule has 1 aromatic carbocycles. The first-order chi connectivity index (χ1) is 15.0.